The van der Waals surface area contributed by atoms with E-state index in [4.69, 9.17) is 0 Å². The molecule has 1 heterocycles. The van der Waals surface area contributed by atoms with Gasteiger partial charge in [0.05, 0.1) is 6.10 Å². The van der Waals surface area contributed by atoms with Crippen LogP contribution in [0.1, 0.15) is 38.7 Å². The molecule has 2 rings (SSSR count). The van der Waals surface area contributed by atoms with Gasteiger partial charge in [-0.3, -0.25) is 4.79 Å². The zero-order valence-corrected chi connectivity index (χ0v) is 13.2. The number of rotatable bonds is 3. The van der Waals surface area contributed by atoms with Crippen LogP contribution in [-0.4, -0.2) is 40.6 Å². The smallest absolute Gasteiger partial charge is 0.247 e. The van der Waals surface area contributed by atoms with Crippen LogP contribution in [0.25, 0.3) is 0 Å². The van der Waals surface area contributed by atoms with Crippen molar-refractivity contribution in [2.24, 2.45) is 0 Å². The van der Waals surface area contributed by atoms with E-state index < -0.39 is 5.54 Å². The average molecular weight is 290 g/mol. The lowest BCUT2D eigenvalue weighted by Gasteiger charge is -2.32. The first kappa shape index (κ1) is 15.8. The fourth-order valence-corrected chi connectivity index (χ4v) is 2.73. The Bertz CT molecular complexity index is 482. The summed E-state index contributed by atoms with van der Waals surface area (Å²) in [6, 6.07) is 8.06. The van der Waals surface area contributed by atoms with Gasteiger partial charge in [-0.1, -0.05) is 17.7 Å². The van der Waals surface area contributed by atoms with E-state index in [2.05, 4.69) is 5.32 Å². The van der Waals surface area contributed by atoms with E-state index in [0.29, 0.717) is 13.0 Å². The number of hydrogen-bond acceptors (Lipinski definition) is 3. The van der Waals surface area contributed by atoms with Crippen LogP contribution in [0, 0.1) is 6.92 Å². The van der Waals surface area contributed by atoms with Crippen molar-refractivity contribution in [3.8, 4) is 0 Å². The Balaban J connectivity index is 2.03. The molecule has 4 heteroatoms. The van der Waals surface area contributed by atoms with Crippen LogP contribution in [0.3, 0.4) is 0 Å². The van der Waals surface area contributed by atoms with Crippen LogP contribution < -0.4 is 5.32 Å². The second-order valence-electron chi connectivity index (χ2n) is 6.49. The summed E-state index contributed by atoms with van der Waals surface area (Å²) >= 11 is 0. The minimum Gasteiger partial charge on any atom is -0.393 e. The maximum Gasteiger partial charge on any atom is 0.247 e. The molecule has 1 atom stereocenters. The Morgan fingerprint density at radius 2 is 1.90 bits per heavy atom. The molecule has 0 aromatic heterocycles. The number of anilines is 1. The number of benzene rings is 1. The number of carbonyl (C=O) groups excluding carboxylic acids is 1. The molecule has 4 nitrogen and oxygen atoms in total. The van der Waals surface area contributed by atoms with Crippen molar-refractivity contribution in [3.63, 3.8) is 0 Å². The first-order chi connectivity index (χ1) is 9.88. The van der Waals surface area contributed by atoms with Crippen LogP contribution in [0.5, 0.6) is 0 Å². The van der Waals surface area contributed by atoms with E-state index >= 15 is 0 Å². The summed E-state index contributed by atoms with van der Waals surface area (Å²) in [4.78, 5) is 14.6. The Labute approximate surface area is 127 Å². The van der Waals surface area contributed by atoms with E-state index in [9.17, 15) is 9.90 Å². The summed E-state index contributed by atoms with van der Waals surface area (Å²) in [5.74, 6) is 0.0946. The third-order valence-corrected chi connectivity index (χ3v) is 4.03. The third-order valence-electron chi connectivity index (χ3n) is 4.03. The first-order valence-electron chi connectivity index (χ1n) is 7.71. The second-order valence-corrected chi connectivity index (χ2v) is 6.49. The van der Waals surface area contributed by atoms with Crippen molar-refractivity contribution in [1.82, 2.24) is 4.90 Å². The van der Waals surface area contributed by atoms with Crippen LogP contribution in [0.15, 0.2) is 24.3 Å². The molecule has 1 aromatic rings. The molecule has 0 radical (unpaired) electrons. The van der Waals surface area contributed by atoms with Gasteiger partial charge in [-0.2, -0.15) is 0 Å². The normalized spacial score (nSPS) is 20.0. The van der Waals surface area contributed by atoms with Crippen LogP contribution in [0.4, 0.5) is 5.69 Å². The van der Waals surface area contributed by atoms with Gasteiger partial charge in [-0.15, -0.1) is 0 Å². The number of likely N-dealkylation sites (tertiary alicyclic amines) is 1. The lowest BCUT2D eigenvalue weighted by molar-refractivity contribution is -0.135. The van der Waals surface area contributed by atoms with Gasteiger partial charge in [-0.05, 0) is 52.2 Å². The molecular formula is C17H26N2O2. The highest BCUT2D eigenvalue weighted by Crippen LogP contribution is 2.20. The first-order valence-corrected chi connectivity index (χ1v) is 7.71. The molecule has 116 valence electrons. The van der Waals surface area contributed by atoms with Crippen molar-refractivity contribution in [3.05, 3.63) is 29.8 Å². The zero-order chi connectivity index (χ0) is 15.5. The van der Waals surface area contributed by atoms with E-state index in [0.717, 1.165) is 25.1 Å². The molecule has 1 amide bonds. The summed E-state index contributed by atoms with van der Waals surface area (Å²) in [6.45, 7) is 7.24. The molecule has 0 spiro atoms. The van der Waals surface area contributed by atoms with Crippen molar-refractivity contribution in [2.45, 2.75) is 51.7 Å². The summed E-state index contributed by atoms with van der Waals surface area (Å²) in [5.41, 5.74) is 1.50. The van der Waals surface area contributed by atoms with Crippen molar-refractivity contribution in [2.75, 3.05) is 18.4 Å². The number of aryl methyl sites for hydroxylation is 1. The molecule has 1 aromatic carbocycles. The molecule has 2 N–H and O–H groups in total. The van der Waals surface area contributed by atoms with E-state index in [1.165, 1.54) is 5.56 Å². The Morgan fingerprint density at radius 1 is 1.24 bits per heavy atom. The predicted molar refractivity (Wildman–Crippen MR) is 85.3 cm³/mol. The van der Waals surface area contributed by atoms with Gasteiger partial charge in [0, 0.05) is 18.8 Å². The molecule has 1 aliphatic rings. The standard InChI is InChI=1S/C17H26N2O2/c1-13-6-8-14(9-7-13)18-17(2,3)16(21)19-11-4-5-15(20)10-12-19/h6-9,15,18,20H,4-5,10-12H2,1-3H3/t15-/m1/s1. The van der Waals surface area contributed by atoms with Crippen molar-refractivity contribution < 1.29 is 9.90 Å². The number of nitrogens with one attached hydrogen (secondary N) is 1. The maximum atomic E-state index is 12.7. The highest BCUT2D eigenvalue weighted by atomic mass is 16.3. The SMILES string of the molecule is Cc1ccc(NC(C)(C)C(=O)N2CCC[C@@H](O)CC2)cc1. The number of amides is 1. The summed E-state index contributed by atoms with van der Waals surface area (Å²) in [6.07, 6.45) is 2.06. The van der Waals surface area contributed by atoms with Gasteiger partial charge in [0.25, 0.3) is 0 Å². The monoisotopic (exact) mass is 290 g/mol. The fourth-order valence-electron chi connectivity index (χ4n) is 2.73. The van der Waals surface area contributed by atoms with Crippen LogP contribution in [-0.2, 0) is 4.79 Å². The fraction of sp³-hybridized carbons (Fsp3) is 0.588. The topological polar surface area (TPSA) is 52.6 Å². The van der Waals surface area contributed by atoms with Gasteiger partial charge < -0.3 is 15.3 Å². The average Bonchev–Trinajstić information content (AvgIpc) is 2.65. The molecule has 1 fully saturated rings. The molecule has 0 unspecified atom stereocenters. The summed E-state index contributed by atoms with van der Waals surface area (Å²) in [7, 11) is 0. The van der Waals surface area contributed by atoms with Crippen LogP contribution in [0.2, 0.25) is 0 Å². The van der Waals surface area contributed by atoms with Gasteiger partial charge in [0.1, 0.15) is 5.54 Å². The molecule has 21 heavy (non-hydrogen) atoms. The summed E-state index contributed by atoms with van der Waals surface area (Å²) in [5, 5.41) is 13.0. The highest BCUT2D eigenvalue weighted by molar-refractivity contribution is 5.88. The quantitative estimate of drug-likeness (QED) is 0.899. The maximum absolute atomic E-state index is 12.7. The largest absolute Gasteiger partial charge is 0.393 e. The highest BCUT2D eigenvalue weighted by Gasteiger charge is 2.32. The Kier molecular flexibility index (Phi) is 4.88. The molecule has 1 aliphatic heterocycles. The zero-order valence-electron chi connectivity index (χ0n) is 13.2. The van der Waals surface area contributed by atoms with E-state index in [1.807, 2.05) is 49.9 Å². The minimum atomic E-state index is -0.648. The Morgan fingerprint density at radius 3 is 2.57 bits per heavy atom. The van der Waals surface area contributed by atoms with Crippen molar-refractivity contribution >= 4 is 11.6 Å². The minimum absolute atomic E-state index is 0.0946. The molecule has 0 saturated carbocycles. The van der Waals surface area contributed by atoms with Gasteiger partial charge in [-0.25, -0.2) is 0 Å². The van der Waals surface area contributed by atoms with Crippen LogP contribution >= 0.6 is 0 Å². The van der Waals surface area contributed by atoms with Gasteiger partial charge >= 0.3 is 0 Å². The number of hydrogen-bond donors (Lipinski definition) is 2. The predicted octanol–water partition coefficient (Wildman–Crippen LogP) is 2.56. The van der Waals surface area contributed by atoms with Crippen molar-refractivity contribution in [1.29, 1.82) is 0 Å². The molecule has 0 aliphatic carbocycles. The lowest BCUT2D eigenvalue weighted by atomic mass is 10.0. The van der Waals surface area contributed by atoms with E-state index in [-0.39, 0.29) is 12.0 Å². The molecular weight excluding hydrogens is 264 g/mol. The number of nitrogens with zero attached hydrogens (tertiary/aromatic N) is 1. The third kappa shape index (κ3) is 4.21. The Hall–Kier alpha value is -1.55. The lowest BCUT2D eigenvalue weighted by Crippen LogP contribution is -2.50. The summed E-state index contributed by atoms with van der Waals surface area (Å²) < 4.78 is 0. The molecule has 1 saturated heterocycles. The van der Waals surface area contributed by atoms with Gasteiger partial charge in [0.2, 0.25) is 5.91 Å². The number of carbonyl (C=O) groups is 1. The molecule has 0 bridgehead atoms. The number of aliphatic hydroxyl groups is 1. The van der Waals surface area contributed by atoms with Gasteiger partial charge in [0.15, 0.2) is 0 Å². The number of aliphatic hydroxyl groups excluding tert-OH is 1. The van der Waals surface area contributed by atoms with E-state index in [1.54, 1.807) is 0 Å². The second kappa shape index (κ2) is 6.48.